The number of carbonyl (C=O) groups is 1. The molecule has 1 saturated heterocycles. The van der Waals surface area contributed by atoms with Gasteiger partial charge in [-0.2, -0.15) is 0 Å². The zero-order valence-electron chi connectivity index (χ0n) is 17.8. The second-order valence-electron chi connectivity index (χ2n) is 7.93. The van der Waals surface area contributed by atoms with Gasteiger partial charge in [0.15, 0.2) is 0 Å². The Kier molecular flexibility index (Phi) is 5.41. The van der Waals surface area contributed by atoms with Crippen LogP contribution in [-0.2, 0) is 4.79 Å². The predicted molar refractivity (Wildman–Crippen MR) is 124 cm³/mol. The van der Waals surface area contributed by atoms with Crippen molar-refractivity contribution in [3.05, 3.63) is 66.5 Å². The van der Waals surface area contributed by atoms with Crippen molar-refractivity contribution >= 4 is 39.2 Å². The van der Waals surface area contributed by atoms with E-state index in [4.69, 9.17) is 9.15 Å². The number of methoxy groups -OCH3 is 1. The van der Waals surface area contributed by atoms with Crippen LogP contribution < -0.4 is 15.0 Å². The van der Waals surface area contributed by atoms with Crippen LogP contribution in [0.4, 0.5) is 15.8 Å². The number of nitrogens with zero attached hydrogens (tertiary/aromatic N) is 2. The maximum Gasteiger partial charge on any atom is 0.238 e. The largest absolute Gasteiger partial charge is 0.495 e. The smallest absolute Gasteiger partial charge is 0.238 e. The number of ether oxygens (including phenoxy) is 1. The normalized spacial score (nSPS) is 14.8. The first-order valence-electron chi connectivity index (χ1n) is 10.6. The monoisotopic (exact) mass is 433 g/mol. The van der Waals surface area contributed by atoms with Crippen LogP contribution in [0, 0.1) is 5.82 Å². The van der Waals surface area contributed by atoms with E-state index in [-0.39, 0.29) is 11.7 Å². The summed E-state index contributed by atoms with van der Waals surface area (Å²) in [5.74, 6) is 0.257. The summed E-state index contributed by atoms with van der Waals surface area (Å²) in [7, 11) is 1.59. The predicted octanol–water partition coefficient (Wildman–Crippen LogP) is 4.49. The van der Waals surface area contributed by atoms with Gasteiger partial charge in [0.2, 0.25) is 5.91 Å². The highest BCUT2D eigenvalue weighted by molar-refractivity contribution is 6.07. The van der Waals surface area contributed by atoms with Crippen molar-refractivity contribution in [2.75, 3.05) is 50.1 Å². The number of hydrogen-bond donors (Lipinski definition) is 1. The highest BCUT2D eigenvalue weighted by Crippen LogP contribution is 2.36. The number of hydrogen-bond acceptors (Lipinski definition) is 5. The van der Waals surface area contributed by atoms with Crippen molar-refractivity contribution in [3.8, 4) is 5.75 Å². The maximum absolute atomic E-state index is 13.1. The molecule has 0 spiro atoms. The fourth-order valence-corrected chi connectivity index (χ4v) is 4.23. The molecule has 6 nitrogen and oxygen atoms in total. The van der Waals surface area contributed by atoms with E-state index in [1.807, 2.05) is 36.4 Å². The van der Waals surface area contributed by atoms with Gasteiger partial charge in [0.1, 0.15) is 22.7 Å². The number of furan rings is 1. The standard InChI is InChI=1S/C25H24FN3O3/c1-31-24-14-20-19-4-2-3-5-22(19)32-23(20)15-21(24)27-25(30)16-28-10-12-29(13-11-28)18-8-6-17(26)7-9-18/h2-9,14-15H,10-13,16H2,1H3,(H,27,30). The molecule has 4 aromatic rings. The van der Waals surface area contributed by atoms with Gasteiger partial charge in [-0.15, -0.1) is 0 Å². The van der Waals surface area contributed by atoms with Crippen LogP contribution in [0.2, 0.25) is 0 Å². The average Bonchev–Trinajstić information content (AvgIpc) is 3.17. The highest BCUT2D eigenvalue weighted by Gasteiger charge is 2.20. The SMILES string of the molecule is COc1cc2c(cc1NC(=O)CN1CCN(c3ccc(F)cc3)CC1)oc1ccccc12. The number of carbonyl (C=O) groups excluding carboxylic acids is 1. The number of piperazine rings is 1. The van der Waals surface area contributed by atoms with Crippen LogP contribution in [0.3, 0.4) is 0 Å². The van der Waals surface area contributed by atoms with Gasteiger partial charge in [0.25, 0.3) is 0 Å². The van der Waals surface area contributed by atoms with E-state index in [0.717, 1.165) is 48.2 Å². The number of amides is 1. The van der Waals surface area contributed by atoms with Crippen molar-refractivity contribution < 1.29 is 18.3 Å². The Morgan fingerprint density at radius 1 is 1.00 bits per heavy atom. The molecule has 3 aromatic carbocycles. The minimum absolute atomic E-state index is 0.103. The summed E-state index contributed by atoms with van der Waals surface area (Å²) < 4.78 is 24.6. The third-order valence-electron chi connectivity index (χ3n) is 5.90. The zero-order chi connectivity index (χ0) is 22.1. The third-order valence-corrected chi connectivity index (χ3v) is 5.90. The molecule has 2 heterocycles. The Bertz CT molecular complexity index is 1260. The van der Waals surface area contributed by atoms with Crippen molar-refractivity contribution in [1.82, 2.24) is 4.90 Å². The number of benzene rings is 3. The summed E-state index contributed by atoms with van der Waals surface area (Å²) in [6, 6.07) is 18.1. The lowest BCUT2D eigenvalue weighted by Gasteiger charge is -2.35. The van der Waals surface area contributed by atoms with E-state index < -0.39 is 0 Å². The second-order valence-corrected chi connectivity index (χ2v) is 7.93. The first-order chi connectivity index (χ1) is 15.6. The lowest BCUT2D eigenvalue weighted by atomic mass is 10.1. The first-order valence-corrected chi connectivity index (χ1v) is 10.6. The summed E-state index contributed by atoms with van der Waals surface area (Å²) in [6.45, 7) is 3.37. The molecule has 0 atom stereocenters. The second kappa shape index (κ2) is 8.51. The molecule has 1 amide bonds. The number of anilines is 2. The Balaban J connectivity index is 1.25. The molecule has 0 unspecified atom stereocenters. The van der Waals surface area contributed by atoms with Gasteiger partial charge in [-0.3, -0.25) is 9.69 Å². The summed E-state index contributed by atoms with van der Waals surface area (Å²) in [5, 5.41) is 4.94. The topological polar surface area (TPSA) is 58.0 Å². The Hall–Kier alpha value is -3.58. The molecule has 1 N–H and O–H groups in total. The van der Waals surface area contributed by atoms with Crippen molar-refractivity contribution in [2.45, 2.75) is 0 Å². The van der Waals surface area contributed by atoms with Crippen LogP contribution in [0.5, 0.6) is 5.75 Å². The molecule has 5 rings (SSSR count). The number of nitrogens with one attached hydrogen (secondary N) is 1. The molecule has 32 heavy (non-hydrogen) atoms. The number of fused-ring (bicyclic) bond motifs is 3. The Morgan fingerprint density at radius 2 is 1.75 bits per heavy atom. The lowest BCUT2D eigenvalue weighted by molar-refractivity contribution is -0.117. The van der Waals surface area contributed by atoms with E-state index in [0.29, 0.717) is 23.6 Å². The van der Waals surface area contributed by atoms with Crippen molar-refractivity contribution in [3.63, 3.8) is 0 Å². The van der Waals surface area contributed by atoms with E-state index in [2.05, 4.69) is 15.1 Å². The average molecular weight is 433 g/mol. The molecule has 7 heteroatoms. The molecule has 1 fully saturated rings. The quantitative estimate of drug-likeness (QED) is 0.502. The molecule has 164 valence electrons. The van der Waals surface area contributed by atoms with Gasteiger partial charge < -0.3 is 19.4 Å². The minimum atomic E-state index is -0.236. The number of rotatable bonds is 5. The minimum Gasteiger partial charge on any atom is -0.495 e. The molecule has 1 aromatic heterocycles. The van der Waals surface area contributed by atoms with Crippen LogP contribution in [0.15, 0.2) is 65.1 Å². The Morgan fingerprint density at radius 3 is 2.50 bits per heavy atom. The van der Waals surface area contributed by atoms with Gasteiger partial charge in [0.05, 0.1) is 19.3 Å². The highest BCUT2D eigenvalue weighted by atomic mass is 19.1. The number of para-hydroxylation sites is 1. The molecule has 0 bridgehead atoms. The zero-order valence-corrected chi connectivity index (χ0v) is 17.8. The molecular formula is C25H24FN3O3. The van der Waals surface area contributed by atoms with E-state index >= 15 is 0 Å². The van der Waals surface area contributed by atoms with Crippen molar-refractivity contribution in [2.24, 2.45) is 0 Å². The summed E-state index contributed by atoms with van der Waals surface area (Å²) in [4.78, 5) is 17.1. The first kappa shape index (κ1) is 20.3. The molecule has 0 saturated carbocycles. The molecule has 0 aliphatic carbocycles. The molecular weight excluding hydrogens is 409 g/mol. The van der Waals surface area contributed by atoms with Crippen LogP contribution in [-0.4, -0.2) is 50.6 Å². The van der Waals surface area contributed by atoms with Crippen LogP contribution in [0.1, 0.15) is 0 Å². The molecule has 0 radical (unpaired) electrons. The fraction of sp³-hybridized carbons (Fsp3) is 0.240. The van der Waals surface area contributed by atoms with Gasteiger partial charge >= 0.3 is 0 Å². The van der Waals surface area contributed by atoms with Crippen molar-refractivity contribution in [1.29, 1.82) is 0 Å². The van der Waals surface area contributed by atoms with E-state index in [9.17, 15) is 9.18 Å². The third kappa shape index (κ3) is 3.99. The Labute approximate surface area is 185 Å². The van der Waals surface area contributed by atoms with Crippen LogP contribution in [0.25, 0.3) is 21.9 Å². The summed E-state index contributed by atoms with van der Waals surface area (Å²) >= 11 is 0. The maximum atomic E-state index is 13.1. The van der Waals surface area contributed by atoms with Crippen LogP contribution >= 0.6 is 0 Å². The summed E-state index contributed by atoms with van der Waals surface area (Å²) in [6.07, 6.45) is 0. The lowest BCUT2D eigenvalue weighted by Crippen LogP contribution is -2.48. The van der Waals surface area contributed by atoms with Gasteiger partial charge in [-0.1, -0.05) is 18.2 Å². The van der Waals surface area contributed by atoms with Gasteiger partial charge in [-0.25, -0.2) is 4.39 Å². The molecule has 1 aliphatic rings. The van der Waals surface area contributed by atoms with Gasteiger partial charge in [-0.05, 0) is 36.4 Å². The van der Waals surface area contributed by atoms with E-state index in [1.54, 1.807) is 19.2 Å². The molecule has 1 aliphatic heterocycles. The summed E-state index contributed by atoms with van der Waals surface area (Å²) in [5.41, 5.74) is 3.09. The van der Waals surface area contributed by atoms with Gasteiger partial charge in [0, 0.05) is 48.7 Å². The van der Waals surface area contributed by atoms with E-state index in [1.165, 1.54) is 12.1 Å². The fourth-order valence-electron chi connectivity index (χ4n) is 4.23. The number of halogens is 1.